The molecule has 2 N–H and O–H groups in total. The Morgan fingerprint density at radius 2 is 1.83 bits per heavy atom. The van der Waals surface area contributed by atoms with Crippen LogP contribution in [0.2, 0.25) is 0 Å². The fraction of sp³-hybridized carbons (Fsp3) is 0.167. The highest BCUT2D eigenvalue weighted by atomic mass is 32.2. The van der Waals surface area contributed by atoms with Crippen LogP contribution < -0.4 is 10.2 Å². The first-order valence-corrected chi connectivity index (χ1v) is 8.44. The van der Waals surface area contributed by atoms with Crippen LogP contribution in [-0.4, -0.2) is 22.2 Å². The lowest BCUT2D eigenvalue weighted by atomic mass is 10.1. The normalized spacial score (nSPS) is 17.2. The average molecular weight is 339 g/mol. The second kappa shape index (κ2) is 6.88. The molecule has 3 rings (SSSR count). The molecule has 0 saturated carbocycles. The summed E-state index contributed by atoms with van der Waals surface area (Å²) in [6, 6.07) is 16.6. The Morgan fingerprint density at radius 3 is 2.54 bits per heavy atom. The van der Waals surface area contributed by atoms with Crippen molar-refractivity contribution < 1.29 is 9.59 Å². The van der Waals surface area contributed by atoms with E-state index in [4.69, 9.17) is 5.41 Å². The van der Waals surface area contributed by atoms with E-state index in [2.05, 4.69) is 5.32 Å². The standard InChI is InChI=1S/C18H17N3O2S/c1-12-7-5-6-10-14(12)21-17(23)15(24-18(21)19)11-16(22)20-13-8-3-2-4-9-13/h2-10,15,19H,11H2,1H3,(H,20,22)/t15-/m0/s1. The SMILES string of the molecule is Cc1ccccc1N1C(=N)S[C@@H](CC(=O)Nc2ccccc2)C1=O. The summed E-state index contributed by atoms with van der Waals surface area (Å²) >= 11 is 1.12. The van der Waals surface area contributed by atoms with Gasteiger partial charge in [0.25, 0.3) is 0 Å². The second-order valence-corrected chi connectivity index (χ2v) is 6.68. The van der Waals surface area contributed by atoms with Crippen LogP contribution in [0.4, 0.5) is 11.4 Å². The Bertz CT molecular complexity index is 792. The van der Waals surface area contributed by atoms with E-state index >= 15 is 0 Å². The number of hydrogen-bond acceptors (Lipinski definition) is 4. The van der Waals surface area contributed by atoms with Crippen LogP contribution in [-0.2, 0) is 9.59 Å². The number of benzene rings is 2. The number of carbonyl (C=O) groups is 2. The van der Waals surface area contributed by atoms with E-state index in [1.165, 1.54) is 4.90 Å². The van der Waals surface area contributed by atoms with Crippen molar-refractivity contribution in [1.29, 1.82) is 5.41 Å². The van der Waals surface area contributed by atoms with Gasteiger partial charge < -0.3 is 5.32 Å². The van der Waals surface area contributed by atoms with Gasteiger partial charge in [0.15, 0.2) is 5.17 Å². The fourth-order valence-electron chi connectivity index (χ4n) is 2.56. The molecule has 122 valence electrons. The van der Waals surface area contributed by atoms with Crippen molar-refractivity contribution in [2.45, 2.75) is 18.6 Å². The third kappa shape index (κ3) is 3.33. The second-order valence-electron chi connectivity index (χ2n) is 5.49. The third-order valence-corrected chi connectivity index (χ3v) is 4.80. The first-order chi connectivity index (χ1) is 11.6. The van der Waals surface area contributed by atoms with Crippen molar-refractivity contribution in [3.63, 3.8) is 0 Å². The van der Waals surface area contributed by atoms with Crippen LogP contribution in [0.5, 0.6) is 0 Å². The summed E-state index contributed by atoms with van der Waals surface area (Å²) in [7, 11) is 0. The van der Waals surface area contributed by atoms with E-state index in [0.29, 0.717) is 11.4 Å². The predicted molar refractivity (Wildman–Crippen MR) is 97.5 cm³/mol. The quantitative estimate of drug-likeness (QED) is 0.896. The van der Waals surface area contributed by atoms with Crippen molar-refractivity contribution in [1.82, 2.24) is 0 Å². The molecular weight excluding hydrogens is 322 g/mol. The molecule has 0 aliphatic carbocycles. The number of amidine groups is 1. The molecule has 5 nitrogen and oxygen atoms in total. The number of amides is 2. The molecular formula is C18H17N3O2S. The monoisotopic (exact) mass is 339 g/mol. The number of rotatable bonds is 4. The first-order valence-electron chi connectivity index (χ1n) is 7.56. The van der Waals surface area contributed by atoms with Gasteiger partial charge in [-0.25, -0.2) is 0 Å². The number of anilines is 2. The maximum atomic E-state index is 12.6. The lowest BCUT2D eigenvalue weighted by Gasteiger charge is -2.17. The molecule has 0 unspecified atom stereocenters. The van der Waals surface area contributed by atoms with Crippen molar-refractivity contribution in [2.24, 2.45) is 0 Å². The minimum absolute atomic E-state index is 0.0448. The van der Waals surface area contributed by atoms with Gasteiger partial charge in [0.1, 0.15) is 5.25 Å². The largest absolute Gasteiger partial charge is 0.326 e. The number of carbonyl (C=O) groups excluding carboxylic acids is 2. The summed E-state index contributed by atoms with van der Waals surface area (Å²) in [5, 5.41) is 10.5. The molecule has 2 aromatic carbocycles. The fourth-order valence-corrected chi connectivity index (χ4v) is 3.56. The number of nitrogens with zero attached hydrogens (tertiary/aromatic N) is 1. The van der Waals surface area contributed by atoms with Gasteiger partial charge in [0, 0.05) is 12.1 Å². The number of aryl methyl sites for hydroxylation is 1. The van der Waals surface area contributed by atoms with E-state index in [1.807, 2.05) is 49.4 Å². The molecule has 24 heavy (non-hydrogen) atoms. The summed E-state index contributed by atoms with van der Waals surface area (Å²) in [5.74, 6) is -0.450. The van der Waals surface area contributed by atoms with Crippen LogP contribution in [0.25, 0.3) is 0 Å². The zero-order valence-corrected chi connectivity index (χ0v) is 14.0. The Balaban J connectivity index is 1.70. The highest BCUT2D eigenvalue weighted by molar-refractivity contribution is 8.16. The van der Waals surface area contributed by atoms with Crippen LogP contribution in [0.3, 0.4) is 0 Å². The average Bonchev–Trinajstić information content (AvgIpc) is 2.83. The molecule has 1 aliphatic heterocycles. The van der Waals surface area contributed by atoms with Gasteiger partial charge in [0.2, 0.25) is 11.8 Å². The van der Waals surface area contributed by atoms with Gasteiger partial charge in [-0.05, 0) is 30.7 Å². The number of para-hydroxylation sites is 2. The van der Waals surface area contributed by atoms with Gasteiger partial charge in [-0.15, -0.1) is 0 Å². The molecule has 1 fully saturated rings. The minimum atomic E-state index is -0.569. The predicted octanol–water partition coefficient (Wildman–Crippen LogP) is 3.41. The van der Waals surface area contributed by atoms with Crippen molar-refractivity contribution in [2.75, 3.05) is 10.2 Å². The first kappa shape index (κ1) is 16.3. The molecule has 1 saturated heterocycles. The van der Waals surface area contributed by atoms with Gasteiger partial charge in [-0.3, -0.25) is 19.9 Å². The maximum absolute atomic E-state index is 12.6. The van der Waals surface area contributed by atoms with Crippen molar-refractivity contribution >= 4 is 40.1 Å². The molecule has 0 aromatic heterocycles. The molecule has 1 aliphatic rings. The van der Waals surface area contributed by atoms with Crippen LogP contribution >= 0.6 is 11.8 Å². The van der Waals surface area contributed by atoms with Crippen LogP contribution in [0.15, 0.2) is 54.6 Å². The zero-order valence-electron chi connectivity index (χ0n) is 13.2. The Kier molecular flexibility index (Phi) is 4.66. The molecule has 0 spiro atoms. The lowest BCUT2D eigenvalue weighted by molar-refractivity contribution is -0.121. The van der Waals surface area contributed by atoms with E-state index < -0.39 is 5.25 Å². The topological polar surface area (TPSA) is 73.3 Å². The molecule has 0 radical (unpaired) electrons. The minimum Gasteiger partial charge on any atom is -0.326 e. The molecule has 0 bridgehead atoms. The summed E-state index contributed by atoms with van der Waals surface area (Å²) in [5.41, 5.74) is 2.32. The van der Waals surface area contributed by atoms with E-state index in [1.54, 1.807) is 12.1 Å². The van der Waals surface area contributed by atoms with E-state index in [9.17, 15) is 9.59 Å². The third-order valence-electron chi connectivity index (χ3n) is 3.74. The molecule has 6 heteroatoms. The molecule has 2 amide bonds. The Labute approximate surface area is 144 Å². The van der Waals surface area contributed by atoms with Gasteiger partial charge in [-0.2, -0.15) is 0 Å². The van der Waals surface area contributed by atoms with Crippen LogP contribution in [0, 0.1) is 12.3 Å². The number of hydrogen-bond donors (Lipinski definition) is 2. The maximum Gasteiger partial charge on any atom is 0.247 e. The highest BCUT2D eigenvalue weighted by Gasteiger charge is 2.39. The smallest absolute Gasteiger partial charge is 0.247 e. The summed E-state index contributed by atoms with van der Waals surface area (Å²) < 4.78 is 0. The van der Waals surface area contributed by atoms with Gasteiger partial charge in [-0.1, -0.05) is 48.2 Å². The van der Waals surface area contributed by atoms with Crippen LogP contribution in [0.1, 0.15) is 12.0 Å². The number of nitrogens with one attached hydrogen (secondary N) is 2. The van der Waals surface area contributed by atoms with E-state index in [0.717, 1.165) is 17.3 Å². The Morgan fingerprint density at radius 1 is 1.17 bits per heavy atom. The summed E-state index contributed by atoms with van der Waals surface area (Å²) in [4.78, 5) is 26.2. The van der Waals surface area contributed by atoms with Gasteiger partial charge >= 0.3 is 0 Å². The highest BCUT2D eigenvalue weighted by Crippen LogP contribution is 2.34. The van der Waals surface area contributed by atoms with Crippen molar-refractivity contribution in [3.8, 4) is 0 Å². The number of thioether (sulfide) groups is 1. The Hall–Kier alpha value is -2.60. The summed E-state index contributed by atoms with van der Waals surface area (Å²) in [6.45, 7) is 1.90. The lowest BCUT2D eigenvalue weighted by Crippen LogP contribution is -2.33. The molecule has 1 heterocycles. The van der Waals surface area contributed by atoms with Crippen molar-refractivity contribution in [3.05, 3.63) is 60.2 Å². The zero-order chi connectivity index (χ0) is 17.1. The molecule has 2 aromatic rings. The van der Waals surface area contributed by atoms with E-state index in [-0.39, 0.29) is 23.4 Å². The van der Waals surface area contributed by atoms with Gasteiger partial charge in [0.05, 0.1) is 5.69 Å². The molecule has 1 atom stereocenters. The summed E-state index contributed by atoms with van der Waals surface area (Å²) in [6.07, 6.45) is 0.0448.